The maximum atomic E-state index is 13.5. The van der Waals surface area contributed by atoms with Crippen LogP contribution in [0.25, 0.3) is 10.2 Å². The van der Waals surface area contributed by atoms with Crippen molar-refractivity contribution in [2.45, 2.75) is 31.7 Å². The Morgan fingerprint density at radius 1 is 1.09 bits per heavy atom. The molecule has 35 heavy (non-hydrogen) atoms. The molecule has 0 spiro atoms. The van der Waals surface area contributed by atoms with Crippen molar-refractivity contribution < 1.29 is 13.2 Å². The maximum Gasteiger partial charge on any atom is 0.308 e. The van der Waals surface area contributed by atoms with E-state index in [1.54, 1.807) is 41.0 Å². The Hall–Kier alpha value is -3.14. The van der Waals surface area contributed by atoms with Crippen LogP contribution < -0.4 is 14.5 Å². The lowest BCUT2D eigenvalue weighted by molar-refractivity contribution is -0.114. The fraction of sp³-hybridized carbons (Fsp3) is 0.200. The number of carbonyl (C=O) groups excluding carboxylic acids is 1. The topological polar surface area (TPSA) is 88.5 Å². The number of sulfonamides is 1. The van der Waals surface area contributed by atoms with E-state index >= 15 is 0 Å². The number of benzene rings is 3. The highest BCUT2D eigenvalue weighted by Gasteiger charge is 2.27. The van der Waals surface area contributed by atoms with Crippen LogP contribution in [-0.2, 0) is 14.8 Å². The zero-order valence-corrected chi connectivity index (χ0v) is 21.7. The quantitative estimate of drug-likeness (QED) is 0.345. The molecule has 0 saturated heterocycles. The lowest BCUT2D eigenvalue weighted by Crippen LogP contribution is -2.38. The van der Waals surface area contributed by atoms with Crippen LogP contribution in [0, 0.1) is 6.92 Å². The van der Waals surface area contributed by atoms with Crippen molar-refractivity contribution in [3.05, 3.63) is 87.0 Å². The summed E-state index contributed by atoms with van der Waals surface area (Å²) in [5.74, 6) is -0.515. The van der Waals surface area contributed by atoms with Gasteiger partial charge in [0.25, 0.3) is 10.0 Å². The number of rotatable bonds is 7. The molecule has 1 amide bonds. The Morgan fingerprint density at radius 3 is 2.46 bits per heavy atom. The predicted molar refractivity (Wildman–Crippen MR) is 142 cm³/mol. The number of anilines is 2. The summed E-state index contributed by atoms with van der Waals surface area (Å²) >= 11 is 7.03. The van der Waals surface area contributed by atoms with E-state index in [0.717, 1.165) is 31.4 Å². The molecular weight excluding hydrogens is 506 g/mol. The van der Waals surface area contributed by atoms with Crippen molar-refractivity contribution in [2.24, 2.45) is 0 Å². The summed E-state index contributed by atoms with van der Waals surface area (Å²) in [7, 11) is -4.05. The first kappa shape index (κ1) is 25.0. The third kappa shape index (κ3) is 5.27. The lowest BCUT2D eigenvalue weighted by atomic mass is 10.2. The highest BCUT2D eigenvalue weighted by Crippen LogP contribution is 2.27. The number of amides is 1. The van der Waals surface area contributed by atoms with Gasteiger partial charge in [0, 0.05) is 16.8 Å². The number of nitrogens with zero attached hydrogens (tertiary/aromatic N) is 2. The van der Waals surface area contributed by atoms with Crippen LogP contribution in [0.4, 0.5) is 11.4 Å². The first-order chi connectivity index (χ1) is 16.6. The van der Waals surface area contributed by atoms with E-state index in [2.05, 4.69) is 5.32 Å². The largest absolute Gasteiger partial charge is 0.324 e. The second-order valence-corrected chi connectivity index (χ2v) is 11.7. The van der Waals surface area contributed by atoms with Crippen LogP contribution in [-0.4, -0.2) is 25.4 Å². The van der Waals surface area contributed by atoms with E-state index in [1.807, 2.05) is 26.8 Å². The van der Waals surface area contributed by atoms with Gasteiger partial charge >= 0.3 is 4.87 Å². The van der Waals surface area contributed by atoms with Gasteiger partial charge in [-0.1, -0.05) is 35.1 Å². The first-order valence-corrected chi connectivity index (χ1v) is 13.5. The van der Waals surface area contributed by atoms with Gasteiger partial charge < -0.3 is 5.32 Å². The molecule has 1 N–H and O–H groups in total. The van der Waals surface area contributed by atoms with Crippen molar-refractivity contribution >= 4 is 60.5 Å². The number of thiazole rings is 1. The molecule has 0 aliphatic rings. The number of carbonyl (C=O) groups is 1. The van der Waals surface area contributed by atoms with Gasteiger partial charge in [-0.25, -0.2) is 8.42 Å². The van der Waals surface area contributed by atoms with Crippen LogP contribution in [0.3, 0.4) is 0 Å². The average Bonchev–Trinajstić information content (AvgIpc) is 3.12. The number of fused-ring (bicyclic) bond motifs is 1. The fourth-order valence-corrected chi connectivity index (χ4v) is 6.36. The average molecular weight is 530 g/mol. The smallest absolute Gasteiger partial charge is 0.308 e. The number of halogens is 1. The van der Waals surface area contributed by atoms with Crippen LogP contribution >= 0.6 is 22.9 Å². The minimum Gasteiger partial charge on any atom is -0.324 e. The van der Waals surface area contributed by atoms with Gasteiger partial charge in [0.1, 0.15) is 6.54 Å². The highest BCUT2D eigenvalue weighted by molar-refractivity contribution is 7.92. The second-order valence-electron chi connectivity index (χ2n) is 8.37. The summed E-state index contributed by atoms with van der Waals surface area (Å²) in [6.45, 7) is 5.28. The van der Waals surface area contributed by atoms with Gasteiger partial charge in [-0.2, -0.15) is 0 Å². The van der Waals surface area contributed by atoms with E-state index in [1.165, 1.54) is 24.3 Å². The molecule has 0 aliphatic heterocycles. The summed E-state index contributed by atoms with van der Waals surface area (Å²) < 4.78 is 30.5. The molecule has 182 valence electrons. The van der Waals surface area contributed by atoms with Crippen molar-refractivity contribution in [3.63, 3.8) is 0 Å². The lowest BCUT2D eigenvalue weighted by Gasteiger charge is -2.24. The molecule has 4 rings (SSSR count). The van der Waals surface area contributed by atoms with Crippen molar-refractivity contribution in [2.75, 3.05) is 16.2 Å². The van der Waals surface area contributed by atoms with E-state index < -0.39 is 22.5 Å². The second kappa shape index (κ2) is 9.85. The van der Waals surface area contributed by atoms with Crippen LogP contribution in [0.2, 0.25) is 5.02 Å². The van der Waals surface area contributed by atoms with E-state index in [-0.39, 0.29) is 15.8 Å². The zero-order chi connectivity index (χ0) is 25.3. The minimum atomic E-state index is -4.05. The van der Waals surface area contributed by atoms with Gasteiger partial charge in [0.2, 0.25) is 5.91 Å². The number of nitrogens with one attached hydrogen (secondary N) is 1. The van der Waals surface area contributed by atoms with Gasteiger partial charge in [0.15, 0.2) is 0 Å². The van der Waals surface area contributed by atoms with E-state index in [0.29, 0.717) is 16.4 Å². The molecule has 4 aromatic rings. The Balaban J connectivity index is 1.65. The molecule has 1 aromatic heterocycles. The summed E-state index contributed by atoms with van der Waals surface area (Å²) in [4.78, 5) is 25.3. The van der Waals surface area contributed by atoms with Crippen LogP contribution in [0.1, 0.15) is 25.5 Å². The standard InChI is InChI=1S/C25H24ClN3O4S2/c1-16(2)29-22-12-9-19(14-23(22)34-25(29)31)27-24(30)15-28(20-6-4-5-17(3)13-20)35(32,33)21-10-7-18(26)8-11-21/h4-14,16H,15H2,1-3H3,(H,27,30). The van der Waals surface area contributed by atoms with Gasteiger partial charge in [-0.3, -0.25) is 18.5 Å². The molecular formula is C25H24ClN3O4S2. The Kier molecular flexibility index (Phi) is 7.02. The van der Waals surface area contributed by atoms with Gasteiger partial charge in [-0.15, -0.1) is 0 Å². The van der Waals surface area contributed by atoms with Crippen molar-refractivity contribution in [1.82, 2.24) is 4.57 Å². The molecule has 3 aromatic carbocycles. The minimum absolute atomic E-state index is 0.0117. The SMILES string of the molecule is Cc1cccc(N(CC(=O)Nc2ccc3c(c2)sc(=O)n3C(C)C)S(=O)(=O)c2ccc(Cl)cc2)c1. The molecule has 0 atom stereocenters. The van der Waals surface area contributed by atoms with E-state index in [9.17, 15) is 18.0 Å². The van der Waals surface area contributed by atoms with Crippen molar-refractivity contribution in [1.29, 1.82) is 0 Å². The van der Waals surface area contributed by atoms with Crippen molar-refractivity contribution in [3.8, 4) is 0 Å². The highest BCUT2D eigenvalue weighted by atomic mass is 35.5. The number of aryl methyl sites for hydroxylation is 1. The normalized spacial score (nSPS) is 11.7. The molecule has 0 saturated carbocycles. The monoisotopic (exact) mass is 529 g/mol. The molecule has 7 nitrogen and oxygen atoms in total. The Morgan fingerprint density at radius 2 is 1.80 bits per heavy atom. The molecule has 1 heterocycles. The first-order valence-electron chi connectivity index (χ1n) is 10.9. The molecule has 0 aliphatic carbocycles. The predicted octanol–water partition coefficient (Wildman–Crippen LogP) is 5.44. The van der Waals surface area contributed by atoms with Gasteiger partial charge in [0.05, 0.1) is 20.8 Å². The summed E-state index contributed by atoms with van der Waals surface area (Å²) in [5, 5.41) is 3.18. The molecule has 0 unspecified atom stereocenters. The summed E-state index contributed by atoms with van der Waals surface area (Å²) in [6, 6.07) is 18.0. The molecule has 10 heteroatoms. The molecule has 0 radical (unpaired) electrons. The number of aromatic nitrogens is 1. The van der Waals surface area contributed by atoms with E-state index in [4.69, 9.17) is 11.6 Å². The Bertz CT molecular complexity index is 1560. The van der Waals surface area contributed by atoms with Gasteiger partial charge in [-0.05, 0) is 80.9 Å². The maximum absolute atomic E-state index is 13.5. The Labute approximate surface area is 212 Å². The number of hydrogen-bond acceptors (Lipinski definition) is 5. The molecule has 0 bridgehead atoms. The summed E-state index contributed by atoms with van der Waals surface area (Å²) in [6.07, 6.45) is 0. The number of hydrogen-bond donors (Lipinski definition) is 1. The van der Waals surface area contributed by atoms with Crippen LogP contribution in [0.15, 0.2) is 76.4 Å². The zero-order valence-electron chi connectivity index (χ0n) is 19.4. The third-order valence-corrected chi connectivity index (χ3v) is 8.35. The fourth-order valence-electron chi connectivity index (χ4n) is 3.77. The van der Waals surface area contributed by atoms with Crippen LogP contribution in [0.5, 0.6) is 0 Å². The third-order valence-electron chi connectivity index (χ3n) is 5.39. The molecule has 0 fully saturated rings. The summed E-state index contributed by atoms with van der Waals surface area (Å²) in [5.41, 5.74) is 2.50.